The van der Waals surface area contributed by atoms with E-state index in [4.69, 9.17) is 23.2 Å². The van der Waals surface area contributed by atoms with Crippen LogP contribution in [0.2, 0.25) is 10.3 Å². The SMILES string of the molecule is C.C.C.C.C.C.CCOC(=O)CC(=O)OCC.Cc1ncc([N+](=O)[O-])cc1Br.O=[N+]([O-])c1cnc(Cl)c(Br)c1.O=[N+]([O-])c1cnc(Cl)c(Br)c1.O=c1[nH]cc([N+](=O)[O-])cc1Br.O=c1ccc([N+](=O)[O-])c[nH]1. The highest BCUT2D eigenvalue weighted by Gasteiger charge is 2.12. The van der Waals surface area contributed by atoms with Crippen molar-refractivity contribution < 1.29 is 43.7 Å². The van der Waals surface area contributed by atoms with Gasteiger partial charge in [0.15, 0.2) is 0 Å². The van der Waals surface area contributed by atoms with Crippen molar-refractivity contribution in [1.29, 1.82) is 0 Å². The maximum absolute atomic E-state index is 10.7. The number of esters is 2. The largest absolute Gasteiger partial charge is 0.466 e. The van der Waals surface area contributed by atoms with Crippen LogP contribution in [0.4, 0.5) is 28.4 Å². The fourth-order valence-corrected chi connectivity index (χ4v) is 4.79. The molecule has 0 aromatic carbocycles. The standard InChI is InChI=1S/C7H12O4.C6H5BrN2O2.2C5H2BrClN2O2.C5H3BrN2O3.C5H4N2O3.6CH4/c1-3-10-6(8)5-7(9)11-4-2;1-4-6(7)2-5(3-8-4)9(10)11;2*6-4-1-3(9(10)11)2-8-5(4)7;6-4-1-3(8(10)11)2-7-5(4)9;8-5-2-1-4(3-6-5)7(9)10;;;;;;/h3-5H2,1-2H3;2-3H,1H3;2*1-2H;1-2H,(H,7,9);1-3H,(H,6,8);6*1H4. The second kappa shape index (κ2) is 41.6. The predicted molar refractivity (Wildman–Crippen MR) is 284 cm³/mol. The molecule has 5 aromatic heterocycles. The second-order valence-corrected chi connectivity index (χ2v) is 14.8. The fourth-order valence-electron chi connectivity index (χ4n) is 3.23. The molecule has 0 aliphatic carbocycles. The van der Waals surface area contributed by atoms with Crippen molar-refractivity contribution in [3.8, 4) is 0 Å². The summed E-state index contributed by atoms with van der Waals surface area (Å²) in [5.74, 6) is -1.07. The third-order valence-corrected chi connectivity index (χ3v) is 9.80. The van der Waals surface area contributed by atoms with Crippen LogP contribution in [0, 0.1) is 57.5 Å². The Hall–Kier alpha value is -6.21. The van der Waals surface area contributed by atoms with Gasteiger partial charge in [-0.25, -0.2) is 9.97 Å². The average Bonchev–Trinajstić information content (AvgIpc) is 3.23. The van der Waals surface area contributed by atoms with Gasteiger partial charge in [-0.15, -0.1) is 0 Å². The van der Waals surface area contributed by atoms with E-state index in [0.717, 1.165) is 48.7 Å². The van der Waals surface area contributed by atoms with E-state index in [-0.39, 0.29) is 119 Å². The number of nitrogens with one attached hydrogen (secondary N) is 2. The number of hydrogen-bond donors (Lipinski definition) is 2. The number of H-pyrrole nitrogens is 2. The van der Waals surface area contributed by atoms with Gasteiger partial charge in [-0.05, 0) is 84.5 Å². The number of pyridine rings is 5. The molecule has 5 rings (SSSR count). The number of nitrogens with zero attached hydrogens (tertiary/aromatic N) is 8. The first kappa shape index (κ1) is 78.9. The number of nitro groups is 5. The van der Waals surface area contributed by atoms with Crippen molar-refractivity contribution in [2.24, 2.45) is 0 Å². The Morgan fingerprint density at radius 3 is 1.18 bits per heavy atom. The molecule has 0 aliphatic heterocycles. The molecule has 2 N–H and O–H groups in total. The van der Waals surface area contributed by atoms with Crippen LogP contribution in [-0.2, 0) is 19.1 Å². The lowest BCUT2D eigenvalue weighted by molar-refractivity contribution is -0.385. The van der Waals surface area contributed by atoms with Gasteiger partial charge in [0.05, 0.1) is 69.3 Å². The molecule has 0 fully saturated rings. The second-order valence-electron chi connectivity index (χ2n) is 10.7. The van der Waals surface area contributed by atoms with Gasteiger partial charge in [0.2, 0.25) is 5.56 Å². The summed E-state index contributed by atoms with van der Waals surface area (Å²) in [5, 5.41) is 51.1. The van der Waals surface area contributed by atoms with Gasteiger partial charge in [-0.3, -0.25) is 74.7 Å². The van der Waals surface area contributed by atoms with Crippen molar-refractivity contribution in [2.45, 2.75) is 71.8 Å². The normalized spacial score (nSPS) is 8.63. The zero-order chi connectivity index (χ0) is 50.0. The molecule has 5 heterocycles. The monoisotopic (exact) mass is 1300 g/mol. The molecule has 0 unspecified atom stereocenters. The Labute approximate surface area is 450 Å². The highest BCUT2D eigenvalue weighted by atomic mass is 79.9. The summed E-state index contributed by atoms with van der Waals surface area (Å²) in [6, 6.07) is 7.45. The maximum atomic E-state index is 10.7. The van der Waals surface area contributed by atoms with E-state index < -0.39 is 36.6 Å². The zero-order valence-corrected chi connectivity index (χ0v) is 40.7. The van der Waals surface area contributed by atoms with Crippen molar-refractivity contribution in [2.75, 3.05) is 13.2 Å². The Morgan fingerprint density at radius 1 is 0.549 bits per heavy atom. The Balaban J connectivity index is -0.000000136. The Bertz CT molecular complexity index is 2430. The first-order chi connectivity index (χ1) is 30.3. The summed E-state index contributed by atoms with van der Waals surface area (Å²) in [5.41, 5.74) is -0.391. The topological polar surface area (TPSA) is 373 Å². The molecule has 0 radical (unpaired) electrons. The molecular weight excluding hydrogens is 1260 g/mol. The smallest absolute Gasteiger partial charge is 0.317 e. The molecule has 0 amide bonds. The molecule has 71 heavy (non-hydrogen) atoms. The molecule has 396 valence electrons. The molecule has 0 saturated carbocycles. The van der Waals surface area contributed by atoms with Crippen LogP contribution in [0.1, 0.15) is 70.5 Å². The van der Waals surface area contributed by atoms with Gasteiger partial charge < -0.3 is 19.4 Å². The summed E-state index contributed by atoms with van der Waals surface area (Å²) >= 11 is 23.1. The van der Waals surface area contributed by atoms with Crippen molar-refractivity contribution >= 4 is 127 Å². The molecular formula is C39H52Br4Cl2N10O16. The number of ether oxygens (including phenoxy) is 2. The summed E-state index contributed by atoms with van der Waals surface area (Å²) in [6.45, 7) is 5.72. The zero-order valence-electron chi connectivity index (χ0n) is 32.8. The van der Waals surface area contributed by atoms with E-state index in [9.17, 15) is 69.7 Å². The summed E-state index contributed by atoms with van der Waals surface area (Å²) in [7, 11) is 0. The average molecular weight is 1310 g/mol. The number of halogens is 6. The van der Waals surface area contributed by atoms with Crippen LogP contribution in [-0.4, -0.2) is 74.7 Å². The molecule has 0 aliphatic rings. The first-order valence-corrected chi connectivity index (χ1v) is 20.6. The lowest BCUT2D eigenvalue weighted by Crippen LogP contribution is -2.13. The number of hydrogen-bond acceptors (Lipinski definition) is 19. The summed E-state index contributed by atoms with van der Waals surface area (Å²) in [4.78, 5) is 106. The molecule has 26 nitrogen and oxygen atoms in total. The van der Waals surface area contributed by atoms with Crippen LogP contribution in [0.5, 0.6) is 0 Å². The van der Waals surface area contributed by atoms with Crippen LogP contribution < -0.4 is 11.1 Å². The minimum atomic E-state index is -0.583. The van der Waals surface area contributed by atoms with Gasteiger partial charge in [0, 0.05) is 40.9 Å². The number of carbonyl (C=O) groups excluding carboxylic acids is 2. The summed E-state index contributed by atoms with van der Waals surface area (Å²) < 4.78 is 10.7. The van der Waals surface area contributed by atoms with E-state index in [1.807, 2.05) is 0 Å². The summed E-state index contributed by atoms with van der Waals surface area (Å²) in [6.07, 6.45) is 5.26. The minimum absolute atomic E-state index is 0. The van der Waals surface area contributed by atoms with Crippen molar-refractivity contribution in [1.82, 2.24) is 24.9 Å². The quantitative estimate of drug-likeness (QED) is 0.0455. The van der Waals surface area contributed by atoms with Crippen LogP contribution in [0.3, 0.4) is 0 Å². The minimum Gasteiger partial charge on any atom is -0.466 e. The number of aryl methyl sites for hydroxylation is 1. The molecule has 0 atom stereocenters. The van der Waals surface area contributed by atoms with Gasteiger partial charge in [0.25, 0.3) is 34.0 Å². The Kier molecular flexibility index (Phi) is 46.2. The van der Waals surface area contributed by atoms with E-state index in [1.54, 1.807) is 20.8 Å². The van der Waals surface area contributed by atoms with Gasteiger partial charge in [-0.1, -0.05) is 67.8 Å². The van der Waals surface area contributed by atoms with Crippen LogP contribution >= 0.6 is 86.9 Å². The fraction of sp³-hybridized carbons (Fsp3) is 0.308. The molecule has 0 bridgehead atoms. The third kappa shape index (κ3) is 33.1. The van der Waals surface area contributed by atoms with Crippen LogP contribution in [0.25, 0.3) is 0 Å². The number of rotatable bonds is 9. The van der Waals surface area contributed by atoms with Gasteiger partial charge in [0.1, 0.15) is 35.3 Å². The maximum Gasteiger partial charge on any atom is 0.317 e. The highest BCUT2D eigenvalue weighted by Crippen LogP contribution is 2.25. The van der Waals surface area contributed by atoms with E-state index in [1.165, 1.54) is 24.4 Å². The van der Waals surface area contributed by atoms with Gasteiger partial charge >= 0.3 is 11.9 Å². The number of carbonyl (C=O) groups is 2. The van der Waals surface area contributed by atoms with E-state index in [0.29, 0.717) is 13.4 Å². The Morgan fingerprint density at radius 2 is 0.887 bits per heavy atom. The van der Waals surface area contributed by atoms with E-state index in [2.05, 4.69) is 98.1 Å². The predicted octanol–water partition coefficient (Wildman–Crippen LogP) is 12.5. The van der Waals surface area contributed by atoms with E-state index >= 15 is 0 Å². The lowest BCUT2D eigenvalue weighted by atomic mass is 10.3. The third-order valence-electron chi connectivity index (χ3n) is 6.14. The molecule has 0 saturated heterocycles. The first-order valence-electron chi connectivity index (χ1n) is 16.7. The number of aromatic nitrogens is 5. The highest BCUT2D eigenvalue weighted by molar-refractivity contribution is 9.11. The lowest BCUT2D eigenvalue weighted by Gasteiger charge is -2.00. The molecule has 0 spiro atoms. The molecule has 32 heteroatoms. The molecule has 5 aromatic rings. The van der Waals surface area contributed by atoms with Crippen molar-refractivity contribution in [3.05, 3.63) is 173 Å². The van der Waals surface area contributed by atoms with Crippen LogP contribution in [0.15, 0.2) is 94.9 Å². The number of aromatic amines is 2. The van der Waals surface area contributed by atoms with Gasteiger partial charge in [-0.2, -0.15) is 0 Å². The van der Waals surface area contributed by atoms with Crippen molar-refractivity contribution in [3.63, 3.8) is 0 Å².